The monoisotopic (exact) mass is 313 g/mol. The molecule has 0 radical (unpaired) electrons. The molecule has 4 heteroatoms. The fraction of sp³-hybridized carbons (Fsp3) is 0.462. The molecular formula is C13H16BrNOS. The van der Waals surface area contributed by atoms with Crippen molar-refractivity contribution in [1.29, 1.82) is 0 Å². The van der Waals surface area contributed by atoms with Crippen LogP contribution in [0.25, 0.3) is 0 Å². The Morgan fingerprint density at radius 1 is 1.53 bits per heavy atom. The van der Waals surface area contributed by atoms with Crippen molar-refractivity contribution < 1.29 is 4.74 Å². The van der Waals surface area contributed by atoms with Crippen molar-refractivity contribution in [3.63, 3.8) is 0 Å². The normalized spacial score (nSPS) is 16.6. The van der Waals surface area contributed by atoms with Gasteiger partial charge >= 0.3 is 0 Å². The molecule has 1 aliphatic carbocycles. The van der Waals surface area contributed by atoms with Gasteiger partial charge in [0, 0.05) is 16.3 Å². The van der Waals surface area contributed by atoms with Crippen LogP contribution in [0.1, 0.15) is 24.8 Å². The summed E-state index contributed by atoms with van der Waals surface area (Å²) in [5.74, 6) is 0.947. The van der Waals surface area contributed by atoms with E-state index in [0.29, 0.717) is 11.6 Å². The maximum absolute atomic E-state index is 5.88. The minimum atomic E-state index is 0.214. The molecule has 92 valence electrons. The quantitative estimate of drug-likeness (QED) is 0.844. The van der Waals surface area contributed by atoms with Crippen LogP contribution in [0.4, 0.5) is 0 Å². The highest BCUT2D eigenvalue weighted by molar-refractivity contribution is 9.10. The van der Waals surface area contributed by atoms with Crippen LogP contribution in [0.3, 0.4) is 0 Å². The maximum atomic E-state index is 5.88. The molecule has 0 spiro atoms. The van der Waals surface area contributed by atoms with Gasteiger partial charge in [0.15, 0.2) is 0 Å². The number of aryl methyl sites for hydroxylation is 1. The van der Waals surface area contributed by atoms with Gasteiger partial charge in [-0.3, -0.25) is 0 Å². The lowest BCUT2D eigenvalue weighted by atomic mass is 10.0. The van der Waals surface area contributed by atoms with E-state index in [-0.39, 0.29) is 5.41 Å². The van der Waals surface area contributed by atoms with Gasteiger partial charge in [0.25, 0.3) is 0 Å². The number of halogens is 1. The highest BCUT2D eigenvalue weighted by atomic mass is 79.9. The second-order valence-corrected chi connectivity index (χ2v) is 6.28. The van der Waals surface area contributed by atoms with Crippen LogP contribution in [-0.2, 0) is 0 Å². The molecule has 17 heavy (non-hydrogen) atoms. The molecule has 0 heterocycles. The van der Waals surface area contributed by atoms with Gasteiger partial charge in [0.1, 0.15) is 5.75 Å². The summed E-state index contributed by atoms with van der Waals surface area (Å²) in [4.78, 5) is 0.596. The van der Waals surface area contributed by atoms with Gasteiger partial charge in [-0.15, -0.1) is 0 Å². The Kier molecular flexibility index (Phi) is 3.73. The predicted molar refractivity (Wildman–Crippen MR) is 77.4 cm³/mol. The third kappa shape index (κ3) is 3.42. The summed E-state index contributed by atoms with van der Waals surface area (Å²) in [7, 11) is 0. The molecule has 0 amide bonds. The van der Waals surface area contributed by atoms with Gasteiger partial charge < -0.3 is 10.5 Å². The lowest BCUT2D eigenvalue weighted by molar-refractivity contribution is 0.237. The first-order valence-corrected chi connectivity index (χ1v) is 6.88. The van der Waals surface area contributed by atoms with E-state index in [1.807, 2.05) is 19.1 Å². The summed E-state index contributed by atoms with van der Waals surface area (Å²) in [6.07, 6.45) is 3.14. The van der Waals surface area contributed by atoms with Crippen LogP contribution >= 0.6 is 28.1 Å². The average molecular weight is 314 g/mol. The van der Waals surface area contributed by atoms with Gasteiger partial charge in [-0.05, 0) is 43.5 Å². The van der Waals surface area contributed by atoms with Crippen LogP contribution in [-0.4, -0.2) is 11.6 Å². The van der Waals surface area contributed by atoms with E-state index in [9.17, 15) is 0 Å². The van der Waals surface area contributed by atoms with Gasteiger partial charge in [-0.2, -0.15) is 0 Å². The van der Waals surface area contributed by atoms with Crippen LogP contribution in [0.5, 0.6) is 5.75 Å². The second kappa shape index (κ2) is 4.94. The van der Waals surface area contributed by atoms with E-state index in [0.717, 1.165) is 22.2 Å². The van der Waals surface area contributed by atoms with Crippen molar-refractivity contribution in [2.45, 2.75) is 26.2 Å². The summed E-state index contributed by atoms with van der Waals surface area (Å²) < 4.78 is 6.96. The molecule has 1 aliphatic rings. The lowest BCUT2D eigenvalue weighted by Gasteiger charge is -2.16. The first-order chi connectivity index (χ1) is 8.01. The number of thiocarbonyl (C=S) groups is 1. The summed E-state index contributed by atoms with van der Waals surface area (Å²) in [6.45, 7) is 2.76. The zero-order chi connectivity index (χ0) is 12.5. The minimum Gasteiger partial charge on any atom is -0.493 e. The number of nitrogens with two attached hydrogens (primary N) is 1. The summed E-state index contributed by atoms with van der Waals surface area (Å²) >= 11 is 8.42. The Morgan fingerprint density at radius 2 is 2.24 bits per heavy atom. The number of hydrogen-bond donors (Lipinski definition) is 1. The van der Waals surface area contributed by atoms with Gasteiger partial charge in [0.05, 0.1) is 11.6 Å². The van der Waals surface area contributed by atoms with Crippen molar-refractivity contribution in [3.05, 3.63) is 28.2 Å². The second-order valence-electron chi connectivity index (χ2n) is 4.84. The van der Waals surface area contributed by atoms with Crippen molar-refractivity contribution >= 4 is 33.1 Å². The highest BCUT2D eigenvalue weighted by Gasteiger charge is 2.43. The fourth-order valence-corrected chi connectivity index (χ4v) is 2.71. The smallest absolute Gasteiger partial charge is 0.122 e. The zero-order valence-corrected chi connectivity index (χ0v) is 12.2. The zero-order valence-electron chi connectivity index (χ0n) is 9.83. The number of rotatable bonds is 5. The molecule has 2 nitrogen and oxygen atoms in total. The van der Waals surface area contributed by atoms with E-state index < -0.39 is 0 Å². The van der Waals surface area contributed by atoms with Crippen molar-refractivity contribution in [1.82, 2.24) is 0 Å². The van der Waals surface area contributed by atoms with Crippen LogP contribution in [0.15, 0.2) is 22.7 Å². The fourth-order valence-electron chi connectivity index (χ4n) is 1.92. The largest absolute Gasteiger partial charge is 0.493 e. The van der Waals surface area contributed by atoms with Crippen LogP contribution in [0, 0.1) is 12.3 Å². The molecule has 0 saturated heterocycles. The van der Waals surface area contributed by atoms with Gasteiger partial charge in [-0.1, -0.05) is 28.1 Å². The van der Waals surface area contributed by atoms with E-state index >= 15 is 0 Å². The number of ether oxygens (including phenoxy) is 1. The Hall–Kier alpha value is -0.610. The molecule has 0 unspecified atom stereocenters. The Morgan fingerprint density at radius 3 is 2.76 bits per heavy atom. The average Bonchev–Trinajstić information content (AvgIpc) is 2.96. The van der Waals surface area contributed by atoms with E-state index in [1.54, 1.807) is 0 Å². The first-order valence-electron chi connectivity index (χ1n) is 5.68. The van der Waals surface area contributed by atoms with E-state index in [2.05, 4.69) is 22.0 Å². The maximum Gasteiger partial charge on any atom is 0.122 e. The molecule has 2 N–H and O–H groups in total. The van der Waals surface area contributed by atoms with Gasteiger partial charge in [-0.25, -0.2) is 0 Å². The van der Waals surface area contributed by atoms with Crippen molar-refractivity contribution in [2.24, 2.45) is 11.1 Å². The van der Waals surface area contributed by atoms with Gasteiger partial charge in [0.2, 0.25) is 0 Å². The number of hydrogen-bond acceptors (Lipinski definition) is 2. The molecule has 1 fully saturated rings. The van der Waals surface area contributed by atoms with E-state index in [4.69, 9.17) is 22.7 Å². The molecule has 1 saturated carbocycles. The molecule has 0 bridgehead atoms. The standard InChI is InChI=1S/C13H16BrNOS/c1-9-6-10(14)2-3-11(9)16-8-13(4-5-13)7-12(15)17/h2-3,6H,4-5,7-8H2,1H3,(H2,15,17). The third-order valence-corrected chi connectivity index (χ3v) is 3.81. The summed E-state index contributed by atoms with van der Waals surface area (Å²) in [5, 5.41) is 0. The topological polar surface area (TPSA) is 35.2 Å². The molecule has 2 rings (SSSR count). The molecule has 0 aromatic heterocycles. The molecule has 0 atom stereocenters. The molecule has 1 aromatic carbocycles. The van der Waals surface area contributed by atoms with Crippen molar-refractivity contribution in [3.8, 4) is 5.75 Å². The number of benzene rings is 1. The molecule has 1 aromatic rings. The first kappa shape index (κ1) is 12.8. The van der Waals surface area contributed by atoms with Crippen LogP contribution in [0.2, 0.25) is 0 Å². The Labute approximate surface area is 116 Å². The lowest BCUT2D eigenvalue weighted by Crippen LogP contribution is -2.21. The van der Waals surface area contributed by atoms with Crippen LogP contribution < -0.4 is 10.5 Å². The minimum absolute atomic E-state index is 0.214. The summed E-state index contributed by atoms with van der Waals surface area (Å²) in [5.41, 5.74) is 6.96. The SMILES string of the molecule is Cc1cc(Br)ccc1OCC1(CC(N)=S)CC1. The molecular weight excluding hydrogens is 298 g/mol. The van der Waals surface area contributed by atoms with Crippen molar-refractivity contribution in [2.75, 3.05) is 6.61 Å². The third-order valence-electron chi connectivity index (χ3n) is 3.18. The van der Waals surface area contributed by atoms with E-state index in [1.165, 1.54) is 12.8 Å². The summed E-state index contributed by atoms with van der Waals surface area (Å²) in [6, 6.07) is 6.05. The molecule has 0 aliphatic heterocycles. The Bertz CT molecular complexity index is 443. The Balaban J connectivity index is 1.96. The predicted octanol–water partition coefficient (Wildman–Crippen LogP) is 3.59. The highest BCUT2D eigenvalue weighted by Crippen LogP contribution is 2.49.